The number of rotatable bonds is 10. The maximum absolute atomic E-state index is 14.3. The van der Waals surface area contributed by atoms with Crippen molar-refractivity contribution >= 4 is 52.5 Å². The van der Waals surface area contributed by atoms with Crippen LogP contribution in [0.4, 0.5) is 37.8 Å². The zero-order valence-electron chi connectivity index (χ0n) is 31.7. The number of nitrogens with zero attached hydrogens (tertiary/aromatic N) is 6. The zero-order chi connectivity index (χ0) is 42.2. The SMILES string of the molecule is CC1(C)C(=O)N(c2ccc(C#N)c(C(F)(F)F)c2)C(=S)N1[C@H]1CC[C@H](OCCN2CCN(CC(=O)Nc3cc(C4CCC(=O)NC4=O)ccn3)[C@@H](C(F)(F)F)C2)CC1. The first-order chi connectivity index (χ1) is 27.3. The third kappa shape index (κ3) is 9.27. The summed E-state index contributed by atoms with van der Waals surface area (Å²) in [6.45, 7) is 3.01. The third-order valence-corrected chi connectivity index (χ3v) is 11.6. The van der Waals surface area contributed by atoms with E-state index in [1.54, 1.807) is 29.7 Å². The van der Waals surface area contributed by atoms with Crippen LogP contribution in [-0.4, -0.2) is 118 Å². The van der Waals surface area contributed by atoms with E-state index in [0.29, 0.717) is 31.2 Å². The van der Waals surface area contributed by atoms with Gasteiger partial charge in [0.15, 0.2) is 5.11 Å². The largest absolute Gasteiger partial charge is 0.417 e. The Hall–Kier alpha value is -4.71. The smallest absolute Gasteiger partial charge is 0.377 e. The number of imide groups is 1. The standard InChI is InChI=1S/C38H42F6N8O5S/c1-36(2)34(56)51(25-4-3-23(19-45)28(18-25)37(39,40)41)35(58)52(36)24-5-7-26(8-6-24)57-16-15-49-13-14-50(29(20-49)38(42,43)44)21-32(54)47-30-17-22(11-12-46-30)27-9-10-31(53)48-33(27)55/h3-4,11-12,17-18,24,26-27,29H,5-10,13-16,20-21H2,1-2H3,(H,46,47,54)(H,48,53,55)/t24-,26-,27?,29-/m1/s1. The number of nitriles is 1. The van der Waals surface area contributed by atoms with Gasteiger partial charge >= 0.3 is 12.4 Å². The van der Waals surface area contributed by atoms with Crippen LogP contribution >= 0.6 is 12.2 Å². The summed E-state index contributed by atoms with van der Waals surface area (Å²) in [6, 6.07) is 5.48. The molecule has 1 aromatic heterocycles. The van der Waals surface area contributed by atoms with E-state index in [-0.39, 0.29) is 80.3 Å². The van der Waals surface area contributed by atoms with E-state index < -0.39 is 65.2 Å². The first-order valence-electron chi connectivity index (χ1n) is 18.8. The van der Waals surface area contributed by atoms with Gasteiger partial charge in [-0.25, -0.2) is 4.98 Å². The minimum atomic E-state index is -4.82. The Morgan fingerprint density at radius 1 is 1.05 bits per heavy atom. The molecule has 2 atom stereocenters. The van der Waals surface area contributed by atoms with Gasteiger partial charge in [-0.05, 0) is 94.1 Å². The van der Waals surface area contributed by atoms with Gasteiger partial charge in [0.1, 0.15) is 17.4 Å². The molecule has 1 saturated carbocycles. The van der Waals surface area contributed by atoms with Crippen molar-refractivity contribution in [2.24, 2.45) is 0 Å². The molecule has 4 aliphatic rings. The Morgan fingerprint density at radius 2 is 1.78 bits per heavy atom. The highest BCUT2D eigenvalue weighted by molar-refractivity contribution is 7.80. The van der Waals surface area contributed by atoms with Gasteiger partial charge in [-0.2, -0.15) is 31.6 Å². The highest BCUT2D eigenvalue weighted by atomic mass is 32.1. The lowest BCUT2D eigenvalue weighted by atomic mass is 9.89. The van der Waals surface area contributed by atoms with Gasteiger partial charge in [0, 0.05) is 44.8 Å². The zero-order valence-corrected chi connectivity index (χ0v) is 32.5. The van der Waals surface area contributed by atoms with Crippen LogP contribution in [0.3, 0.4) is 0 Å². The number of piperazine rings is 1. The molecule has 0 bridgehead atoms. The molecule has 4 fully saturated rings. The Bertz CT molecular complexity index is 1980. The van der Waals surface area contributed by atoms with Crippen molar-refractivity contribution in [2.45, 2.75) is 94.4 Å². The summed E-state index contributed by atoms with van der Waals surface area (Å²) in [5.41, 5.74) is -2.47. The van der Waals surface area contributed by atoms with Crippen LogP contribution in [0.5, 0.6) is 0 Å². The van der Waals surface area contributed by atoms with Crippen LogP contribution in [0.25, 0.3) is 0 Å². The molecule has 3 saturated heterocycles. The molecular formula is C38H42F6N8O5S. The van der Waals surface area contributed by atoms with Gasteiger partial charge in [-0.1, -0.05) is 0 Å². The topological polar surface area (TPSA) is 151 Å². The quantitative estimate of drug-likeness (QED) is 0.195. The fourth-order valence-corrected chi connectivity index (χ4v) is 8.73. The number of hydrogen-bond donors (Lipinski definition) is 2. The van der Waals surface area contributed by atoms with Crippen molar-refractivity contribution < 1.29 is 50.3 Å². The molecule has 0 spiro atoms. The minimum absolute atomic E-state index is 0.0340. The summed E-state index contributed by atoms with van der Waals surface area (Å²) in [6.07, 6.45) is -5.63. The van der Waals surface area contributed by atoms with E-state index in [9.17, 15) is 50.8 Å². The van der Waals surface area contributed by atoms with E-state index in [2.05, 4.69) is 15.6 Å². The summed E-state index contributed by atoms with van der Waals surface area (Å²) in [5.74, 6) is -2.59. The molecule has 6 rings (SSSR count). The summed E-state index contributed by atoms with van der Waals surface area (Å²) in [4.78, 5) is 59.9. The number of benzene rings is 1. The van der Waals surface area contributed by atoms with Crippen LogP contribution in [-0.2, 0) is 30.1 Å². The van der Waals surface area contributed by atoms with Gasteiger partial charge in [0.2, 0.25) is 17.7 Å². The third-order valence-electron chi connectivity index (χ3n) is 11.2. The summed E-state index contributed by atoms with van der Waals surface area (Å²) < 4.78 is 90.0. The van der Waals surface area contributed by atoms with E-state index in [0.717, 1.165) is 21.9 Å². The number of nitrogens with one attached hydrogen (secondary N) is 2. The van der Waals surface area contributed by atoms with Crippen molar-refractivity contribution in [2.75, 3.05) is 49.5 Å². The fraction of sp³-hybridized carbons (Fsp3) is 0.553. The molecule has 0 radical (unpaired) electrons. The van der Waals surface area contributed by atoms with Gasteiger partial charge in [-0.3, -0.25) is 39.2 Å². The van der Waals surface area contributed by atoms with E-state index in [1.807, 2.05) is 0 Å². The molecule has 1 aliphatic carbocycles. The average molecular weight is 837 g/mol. The molecule has 3 aliphatic heterocycles. The number of aromatic nitrogens is 1. The minimum Gasteiger partial charge on any atom is -0.377 e. The Kier molecular flexibility index (Phi) is 12.5. The normalized spacial score (nSPS) is 24.8. The van der Waals surface area contributed by atoms with Crippen LogP contribution in [0, 0.1) is 11.3 Å². The average Bonchev–Trinajstić information content (AvgIpc) is 3.33. The Balaban J connectivity index is 0.982. The number of alkyl halides is 6. The van der Waals surface area contributed by atoms with Crippen LogP contribution in [0.15, 0.2) is 36.5 Å². The van der Waals surface area contributed by atoms with Gasteiger partial charge in [-0.15, -0.1) is 0 Å². The lowest BCUT2D eigenvalue weighted by Gasteiger charge is -2.42. The van der Waals surface area contributed by atoms with E-state index in [1.165, 1.54) is 24.4 Å². The molecule has 1 aromatic carbocycles. The number of halogens is 6. The van der Waals surface area contributed by atoms with Crippen molar-refractivity contribution in [1.82, 2.24) is 25.0 Å². The monoisotopic (exact) mass is 836 g/mol. The summed E-state index contributed by atoms with van der Waals surface area (Å²) >= 11 is 5.67. The first kappa shape index (κ1) is 42.9. The second-order valence-electron chi connectivity index (χ2n) is 15.3. The maximum atomic E-state index is 14.3. The van der Waals surface area contributed by atoms with Crippen molar-refractivity contribution in [3.63, 3.8) is 0 Å². The second-order valence-corrected chi connectivity index (χ2v) is 15.7. The number of amides is 4. The van der Waals surface area contributed by atoms with Gasteiger partial charge < -0.3 is 15.0 Å². The number of thiocarbonyl (C=S) groups is 1. The molecule has 58 heavy (non-hydrogen) atoms. The number of pyridine rings is 1. The molecule has 4 heterocycles. The molecular weight excluding hydrogens is 795 g/mol. The molecule has 20 heteroatoms. The number of anilines is 2. The van der Waals surface area contributed by atoms with Crippen molar-refractivity contribution in [1.29, 1.82) is 5.26 Å². The highest BCUT2D eigenvalue weighted by Gasteiger charge is 2.53. The number of piperidine rings is 1. The van der Waals surface area contributed by atoms with Crippen molar-refractivity contribution in [3.8, 4) is 6.07 Å². The van der Waals surface area contributed by atoms with E-state index in [4.69, 9.17) is 17.0 Å². The number of ether oxygens (including phenoxy) is 1. The van der Waals surface area contributed by atoms with Crippen molar-refractivity contribution in [3.05, 3.63) is 53.2 Å². The maximum Gasteiger partial charge on any atom is 0.417 e. The molecule has 1 unspecified atom stereocenters. The molecule has 312 valence electrons. The predicted octanol–water partition coefficient (Wildman–Crippen LogP) is 4.72. The molecule has 2 N–H and O–H groups in total. The second kappa shape index (κ2) is 16.9. The number of carbonyl (C=O) groups excluding carboxylic acids is 4. The lowest BCUT2D eigenvalue weighted by Crippen LogP contribution is -2.60. The number of carbonyl (C=O) groups is 4. The van der Waals surface area contributed by atoms with Gasteiger partial charge in [0.25, 0.3) is 5.91 Å². The molecule has 2 aromatic rings. The molecule has 4 amide bonds. The lowest BCUT2D eigenvalue weighted by molar-refractivity contribution is -0.197. The predicted molar refractivity (Wildman–Crippen MR) is 200 cm³/mol. The fourth-order valence-electron chi connectivity index (χ4n) is 8.16. The Morgan fingerprint density at radius 3 is 2.43 bits per heavy atom. The highest BCUT2D eigenvalue weighted by Crippen LogP contribution is 2.41. The van der Waals surface area contributed by atoms with Crippen LogP contribution in [0.1, 0.15) is 75.0 Å². The Labute approximate surface area is 335 Å². The number of hydrogen-bond acceptors (Lipinski definition) is 10. The summed E-state index contributed by atoms with van der Waals surface area (Å²) in [7, 11) is 0. The van der Waals surface area contributed by atoms with Gasteiger partial charge in [0.05, 0.1) is 48.1 Å². The van der Waals surface area contributed by atoms with Crippen LogP contribution in [0.2, 0.25) is 0 Å². The summed E-state index contributed by atoms with van der Waals surface area (Å²) in [5, 5.41) is 14.0. The molecule has 13 nitrogen and oxygen atoms in total. The first-order valence-corrected chi connectivity index (χ1v) is 19.2. The van der Waals surface area contributed by atoms with E-state index >= 15 is 0 Å². The van der Waals surface area contributed by atoms with Crippen LogP contribution < -0.4 is 15.5 Å².